The third-order valence-electron chi connectivity index (χ3n) is 13.8. The summed E-state index contributed by atoms with van der Waals surface area (Å²) in [6.07, 6.45) is 3.57. The average molecular weight is 958 g/mol. The Morgan fingerprint density at radius 1 is 0.957 bits per heavy atom. The largest absolute Gasteiger partial charge is 0.507 e. The van der Waals surface area contributed by atoms with Gasteiger partial charge in [-0.25, -0.2) is 4.98 Å². The molecule has 69 heavy (non-hydrogen) atoms. The number of piperazine rings is 1. The lowest BCUT2D eigenvalue weighted by Gasteiger charge is -2.38. The second kappa shape index (κ2) is 20.5. The van der Waals surface area contributed by atoms with Crippen molar-refractivity contribution in [3.63, 3.8) is 0 Å². The lowest BCUT2D eigenvalue weighted by Crippen LogP contribution is -2.47. The van der Waals surface area contributed by atoms with Gasteiger partial charge in [0.05, 0.1) is 35.2 Å². The number of aromatic nitrogens is 1. The molecule has 9 atom stereocenters. The van der Waals surface area contributed by atoms with Crippen LogP contribution in [0.4, 0.5) is 11.4 Å². The molecule has 3 aromatic carbocycles. The molecule has 18 nitrogen and oxygen atoms in total. The van der Waals surface area contributed by atoms with Crippen molar-refractivity contribution < 1.29 is 53.4 Å². The van der Waals surface area contributed by atoms with Crippen molar-refractivity contribution in [3.05, 3.63) is 79.5 Å². The maximum Gasteiger partial charge on any atom is 0.307 e. The van der Waals surface area contributed by atoms with Crippen LogP contribution in [0.5, 0.6) is 11.5 Å². The van der Waals surface area contributed by atoms with Crippen LogP contribution in [0.1, 0.15) is 67.9 Å². The quantitative estimate of drug-likeness (QED) is 0.0819. The fraction of sp³-hybridized carbons (Fsp3) is 0.510. The van der Waals surface area contributed by atoms with E-state index in [1.165, 1.54) is 59.3 Å². The molecule has 4 heterocycles. The highest BCUT2D eigenvalue weighted by molar-refractivity contribution is 6.16. The second-order valence-electron chi connectivity index (χ2n) is 19.2. The highest BCUT2D eigenvalue weighted by Crippen LogP contribution is 2.42. The number of aliphatic hydroxyl groups is 3. The first-order chi connectivity index (χ1) is 32.1. The van der Waals surface area contributed by atoms with E-state index in [4.69, 9.17) is 28.3 Å². The molecule has 4 bridgehead atoms. The van der Waals surface area contributed by atoms with Gasteiger partial charge < -0.3 is 60.2 Å². The maximum absolute atomic E-state index is 14.9. The van der Waals surface area contributed by atoms with E-state index in [1.54, 1.807) is 45.9 Å². The monoisotopic (exact) mass is 957 g/mol. The van der Waals surface area contributed by atoms with Gasteiger partial charge in [-0.1, -0.05) is 59.8 Å². The molecular formula is C51H67N5O13. The molecule has 1 fully saturated rings. The van der Waals surface area contributed by atoms with Gasteiger partial charge in [0.2, 0.25) is 10.9 Å². The average Bonchev–Trinajstić information content (AvgIpc) is 3.56. The van der Waals surface area contributed by atoms with Gasteiger partial charge in [-0.15, -0.1) is 0 Å². The summed E-state index contributed by atoms with van der Waals surface area (Å²) in [5.41, 5.74) is -1.35. The molecule has 374 valence electrons. The van der Waals surface area contributed by atoms with E-state index in [0.717, 1.165) is 19.6 Å². The van der Waals surface area contributed by atoms with Gasteiger partial charge >= 0.3 is 11.8 Å². The van der Waals surface area contributed by atoms with Gasteiger partial charge in [-0.2, -0.15) is 0 Å². The highest BCUT2D eigenvalue weighted by Gasteiger charge is 2.44. The Morgan fingerprint density at radius 2 is 1.64 bits per heavy atom. The Morgan fingerprint density at radius 3 is 2.28 bits per heavy atom. The molecule has 3 aliphatic rings. The summed E-state index contributed by atoms with van der Waals surface area (Å²) in [7, 11) is 1.45. The number of amides is 1. The molecule has 3 aliphatic heterocycles. The number of carbonyl (C=O) groups is 2. The van der Waals surface area contributed by atoms with E-state index in [2.05, 4.69) is 29.0 Å². The van der Waals surface area contributed by atoms with Gasteiger partial charge in [0.25, 0.3) is 5.91 Å². The number of phenols is 1. The summed E-state index contributed by atoms with van der Waals surface area (Å²) in [6, 6.07) is 3.16. The highest BCUT2D eigenvalue weighted by atomic mass is 16.7. The normalized spacial score (nSPS) is 29.1. The van der Waals surface area contributed by atoms with Crippen molar-refractivity contribution in [3.8, 4) is 11.5 Å². The lowest BCUT2D eigenvalue weighted by atomic mass is 9.78. The topological polar surface area (TPSA) is 266 Å². The smallest absolute Gasteiger partial charge is 0.307 e. The zero-order chi connectivity index (χ0) is 49.7. The van der Waals surface area contributed by atoms with Gasteiger partial charge in [-0.05, 0) is 25.8 Å². The maximum atomic E-state index is 14.9. The van der Waals surface area contributed by atoms with Crippen molar-refractivity contribution in [1.82, 2.24) is 16.0 Å². The van der Waals surface area contributed by atoms with E-state index in [0.29, 0.717) is 24.7 Å². The van der Waals surface area contributed by atoms with Crippen LogP contribution in [0.25, 0.3) is 38.7 Å². The van der Waals surface area contributed by atoms with E-state index in [-0.39, 0.29) is 66.9 Å². The fourth-order valence-electron chi connectivity index (χ4n) is 9.76. The summed E-state index contributed by atoms with van der Waals surface area (Å²) in [5.74, 6) is -6.43. The number of hydrogen-bond donors (Lipinski definition) is 6. The predicted molar refractivity (Wildman–Crippen MR) is 264 cm³/mol. The van der Waals surface area contributed by atoms with Gasteiger partial charge in [0.1, 0.15) is 28.8 Å². The number of anilines is 2. The van der Waals surface area contributed by atoms with Crippen LogP contribution in [0.15, 0.2) is 62.3 Å². The minimum atomic E-state index is -1.98. The number of hydrogen-bond acceptors (Lipinski definition) is 17. The number of ether oxygens (including phenoxy) is 4. The Kier molecular flexibility index (Phi) is 15.5. The number of benzene rings is 3. The summed E-state index contributed by atoms with van der Waals surface area (Å²) in [5, 5.41) is 49.3. The molecule has 8 N–H and O–H groups in total. The molecule has 4 aromatic rings. The molecule has 1 amide bonds. The van der Waals surface area contributed by atoms with E-state index < -0.39 is 88.1 Å². The second-order valence-corrected chi connectivity index (χ2v) is 19.2. The minimum Gasteiger partial charge on any atom is -0.507 e. The van der Waals surface area contributed by atoms with Gasteiger partial charge in [0, 0.05) is 112 Å². The number of carbonyl (C=O) groups excluding carboxylic acids is 2. The zero-order valence-corrected chi connectivity index (χ0v) is 41.3. The molecule has 1 aromatic heterocycles. The SMILES string of the molecule is CO[C@H]1/C=C/O[C@@]2(C)Oc3c(C)c(O)c4c(=O)c(c5oc6cc(N7CCN(CC(C)C)CC7)cc(=O)c6nc5c4c3=C2O)NC(=O)/C(C)=C\C=C\[C@H](C)[C@H](O)[C@@H](C)[C@@H](O)[C@@H](C)[C@H](OC(C)=O)[C@@H]1C.N. The summed E-state index contributed by atoms with van der Waals surface area (Å²) in [4.78, 5) is 64.7. The Balaban J connectivity index is 0.00000782. The van der Waals surface area contributed by atoms with Crippen molar-refractivity contribution in [1.29, 1.82) is 0 Å². The van der Waals surface area contributed by atoms with Crippen LogP contribution in [0.3, 0.4) is 0 Å². The van der Waals surface area contributed by atoms with Crippen molar-refractivity contribution in [2.24, 2.45) is 29.6 Å². The predicted octanol–water partition coefficient (Wildman–Crippen LogP) is 5.50. The molecular weight excluding hydrogens is 891 g/mol. The molecule has 18 heteroatoms. The minimum absolute atomic E-state index is 0. The van der Waals surface area contributed by atoms with E-state index >= 15 is 0 Å². The number of fused-ring (bicyclic) bond motifs is 2. The number of phenolic OH excluding ortho intramolecular Hbond substituents is 1. The van der Waals surface area contributed by atoms with Gasteiger partial charge in [-0.3, -0.25) is 24.1 Å². The zero-order valence-electron chi connectivity index (χ0n) is 41.3. The third kappa shape index (κ3) is 9.90. The van der Waals surface area contributed by atoms with Crippen LogP contribution in [0.2, 0.25) is 0 Å². The van der Waals surface area contributed by atoms with Crippen LogP contribution in [-0.2, 0) is 23.8 Å². The fourth-order valence-corrected chi connectivity index (χ4v) is 9.76. The number of nitrogens with zero attached hydrogens (tertiary/aromatic N) is 3. The van der Waals surface area contributed by atoms with Crippen molar-refractivity contribution >= 4 is 62.0 Å². The van der Waals surface area contributed by atoms with Crippen molar-refractivity contribution in [2.45, 2.75) is 99.4 Å². The van der Waals surface area contributed by atoms with Gasteiger partial charge in [0.15, 0.2) is 22.4 Å². The Bertz CT molecular complexity index is 2900. The first kappa shape index (κ1) is 52.3. The first-order valence-electron chi connectivity index (χ1n) is 23.2. The molecule has 1 saturated heterocycles. The number of aliphatic hydroxyl groups excluding tert-OH is 3. The lowest BCUT2D eigenvalue weighted by molar-refractivity contribution is -0.160. The molecule has 0 radical (unpaired) electrons. The number of aromatic hydroxyl groups is 1. The molecule has 0 aliphatic carbocycles. The van der Waals surface area contributed by atoms with Crippen LogP contribution in [-0.4, -0.2) is 112 Å². The summed E-state index contributed by atoms with van der Waals surface area (Å²) in [6.45, 7) is 20.8. The van der Waals surface area contributed by atoms with Crippen LogP contribution < -0.4 is 37.2 Å². The molecule has 7 rings (SSSR count). The molecule has 0 unspecified atom stereocenters. The number of esters is 1. The standard InChI is InChI=1S/C51H64N4O13.H3N/c1-24(2)23-54-16-18-55(19-17-54)32-21-33(57)39-35(22-32)67-48-40(52-39)36-37-44(60)30(8)47-38(36)49(62)51(10,68-47)65-20-15-34(64-11)27(5)46(66-31(9)56)29(7)43(59)28(6)42(58)25(3)13-12-14-26(4)50(63)53-41(48)45(37)61;/h12-15,20-22,24-25,27-29,34,42-43,46,58-60,62H,16-19,23H2,1-11H3,(H,53,63);1H3/b13-12+,20-15+,26-14-;/t25-,27+,28+,29+,34-,42-,43+,46+,51-;/m0./s1. The number of nitrogens with one attached hydrogen (secondary N) is 1. The molecule has 0 saturated carbocycles. The third-order valence-corrected chi connectivity index (χ3v) is 13.8. The van der Waals surface area contributed by atoms with E-state index in [9.17, 15) is 39.6 Å². The Labute approximate surface area is 400 Å². The van der Waals surface area contributed by atoms with Crippen LogP contribution >= 0.6 is 0 Å². The summed E-state index contributed by atoms with van der Waals surface area (Å²) < 4.78 is 30.5. The number of methoxy groups -OCH3 is 1. The van der Waals surface area contributed by atoms with Crippen molar-refractivity contribution in [2.75, 3.05) is 50.1 Å². The number of rotatable bonds is 5. The van der Waals surface area contributed by atoms with E-state index in [1.807, 2.05) is 0 Å². The Hall–Kier alpha value is -6.05. The first-order valence-corrected chi connectivity index (χ1v) is 23.2. The van der Waals surface area contributed by atoms with Crippen LogP contribution in [0, 0.1) is 36.5 Å². The molecule has 0 spiro atoms. The summed E-state index contributed by atoms with van der Waals surface area (Å²) >= 11 is 0. The number of allylic oxidation sites excluding steroid dienone is 2.